The molecule has 1 aromatic carbocycles. The van der Waals surface area contributed by atoms with Crippen molar-refractivity contribution in [3.8, 4) is 6.07 Å². The molecule has 2 rings (SSSR count). The fraction of sp³-hybridized carbons (Fsp3) is 0.400. The molecule has 0 radical (unpaired) electrons. The van der Waals surface area contributed by atoms with Gasteiger partial charge in [-0.2, -0.15) is 10.2 Å². The fourth-order valence-corrected chi connectivity index (χ4v) is 2.00. The number of nitrogens with zero attached hydrogens (tertiary/aromatic N) is 3. The predicted molar refractivity (Wildman–Crippen MR) is 72.7 cm³/mol. The van der Waals surface area contributed by atoms with Crippen LogP contribution >= 0.6 is 0 Å². The second-order valence-corrected chi connectivity index (χ2v) is 4.74. The molecular formula is C15H17N3O2. The molecule has 2 aromatic rings. The first-order valence-electron chi connectivity index (χ1n) is 6.51. The Bertz CT molecular complexity index is 574. The summed E-state index contributed by atoms with van der Waals surface area (Å²) in [6.07, 6.45) is 0.746. The Balaban J connectivity index is 2.13. The molecule has 0 aliphatic heterocycles. The SMILES string of the molecule is COC(c1ccccc1)c1noc(CC(C)CC#N)n1. The highest BCUT2D eigenvalue weighted by Crippen LogP contribution is 2.23. The molecule has 0 spiro atoms. The van der Waals surface area contributed by atoms with Gasteiger partial charge in [0.2, 0.25) is 11.7 Å². The Hall–Kier alpha value is -2.19. The number of nitriles is 1. The zero-order valence-corrected chi connectivity index (χ0v) is 11.6. The van der Waals surface area contributed by atoms with Gasteiger partial charge in [0.05, 0.1) is 6.07 Å². The van der Waals surface area contributed by atoms with E-state index in [1.807, 2.05) is 37.3 Å². The number of ether oxygens (including phenoxy) is 1. The zero-order chi connectivity index (χ0) is 14.4. The number of methoxy groups -OCH3 is 1. The van der Waals surface area contributed by atoms with Crippen LogP contribution in [0.3, 0.4) is 0 Å². The summed E-state index contributed by atoms with van der Waals surface area (Å²) in [6.45, 7) is 1.98. The van der Waals surface area contributed by atoms with Gasteiger partial charge in [-0.1, -0.05) is 42.4 Å². The van der Waals surface area contributed by atoms with Crippen LogP contribution in [0.15, 0.2) is 34.9 Å². The molecule has 20 heavy (non-hydrogen) atoms. The summed E-state index contributed by atoms with van der Waals surface area (Å²) < 4.78 is 10.7. The highest BCUT2D eigenvalue weighted by atomic mass is 16.5. The van der Waals surface area contributed by atoms with E-state index in [0.717, 1.165) is 5.56 Å². The molecule has 1 heterocycles. The van der Waals surface area contributed by atoms with Crippen molar-refractivity contribution >= 4 is 0 Å². The van der Waals surface area contributed by atoms with Crippen LogP contribution in [-0.4, -0.2) is 17.3 Å². The van der Waals surface area contributed by atoms with Crippen molar-refractivity contribution in [3.63, 3.8) is 0 Å². The average Bonchev–Trinajstić information content (AvgIpc) is 2.89. The third kappa shape index (κ3) is 3.43. The van der Waals surface area contributed by atoms with Gasteiger partial charge >= 0.3 is 0 Å². The Labute approximate surface area is 118 Å². The normalized spacial score (nSPS) is 13.7. The zero-order valence-electron chi connectivity index (χ0n) is 11.6. The maximum absolute atomic E-state index is 8.66. The van der Waals surface area contributed by atoms with Gasteiger partial charge in [0.15, 0.2) is 0 Å². The summed E-state index contributed by atoms with van der Waals surface area (Å²) in [4.78, 5) is 4.37. The quantitative estimate of drug-likeness (QED) is 0.807. The average molecular weight is 271 g/mol. The highest BCUT2D eigenvalue weighted by Gasteiger charge is 2.20. The Kier molecular flexibility index (Phi) is 4.85. The van der Waals surface area contributed by atoms with Crippen LogP contribution < -0.4 is 0 Å². The van der Waals surface area contributed by atoms with Gasteiger partial charge < -0.3 is 9.26 Å². The molecule has 2 unspecified atom stereocenters. The largest absolute Gasteiger partial charge is 0.369 e. The molecule has 0 fully saturated rings. The summed E-state index contributed by atoms with van der Waals surface area (Å²) in [5.41, 5.74) is 0.979. The molecule has 0 aliphatic carbocycles. The molecule has 0 saturated heterocycles. The smallest absolute Gasteiger partial charge is 0.227 e. The van der Waals surface area contributed by atoms with E-state index in [1.54, 1.807) is 7.11 Å². The molecule has 0 bridgehead atoms. The summed E-state index contributed by atoms with van der Waals surface area (Å²) in [7, 11) is 1.62. The van der Waals surface area contributed by atoms with E-state index in [9.17, 15) is 0 Å². The lowest BCUT2D eigenvalue weighted by atomic mass is 10.1. The van der Waals surface area contributed by atoms with Crippen molar-refractivity contribution in [1.82, 2.24) is 10.1 Å². The van der Waals surface area contributed by atoms with Gasteiger partial charge in [-0.3, -0.25) is 0 Å². The van der Waals surface area contributed by atoms with E-state index in [1.165, 1.54) is 0 Å². The molecule has 0 amide bonds. The van der Waals surface area contributed by atoms with Gasteiger partial charge in [0.1, 0.15) is 6.10 Å². The van der Waals surface area contributed by atoms with Crippen LogP contribution in [-0.2, 0) is 11.2 Å². The molecule has 5 nitrogen and oxygen atoms in total. The van der Waals surface area contributed by atoms with Gasteiger partial charge in [-0.25, -0.2) is 0 Å². The minimum absolute atomic E-state index is 0.200. The van der Waals surface area contributed by atoms with E-state index < -0.39 is 0 Å². The summed E-state index contributed by atoms with van der Waals surface area (Å²) in [5.74, 6) is 1.25. The number of hydrogen-bond acceptors (Lipinski definition) is 5. The lowest BCUT2D eigenvalue weighted by Gasteiger charge is -2.10. The third-order valence-corrected chi connectivity index (χ3v) is 3.02. The Morgan fingerprint density at radius 2 is 2.10 bits per heavy atom. The van der Waals surface area contributed by atoms with E-state index >= 15 is 0 Å². The van der Waals surface area contributed by atoms with Crippen LogP contribution in [0.2, 0.25) is 0 Å². The minimum atomic E-state index is -0.333. The Morgan fingerprint density at radius 1 is 1.35 bits per heavy atom. The van der Waals surface area contributed by atoms with Gasteiger partial charge in [-0.15, -0.1) is 0 Å². The fourth-order valence-electron chi connectivity index (χ4n) is 2.00. The van der Waals surface area contributed by atoms with Crippen molar-refractivity contribution in [2.45, 2.75) is 25.9 Å². The first-order valence-corrected chi connectivity index (χ1v) is 6.51. The lowest BCUT2D eigenvalue weighted by molar-refractivity contribution is 0.126. The van der Waals surface area contributed by atoms with Crippen LogP contribution in [0, 0.1) is 17.2 Å². The highest BCUT2D eigenvalue weighted by molar-refractivity contribution is 5.22. The molecule has 104 valence electrons. The Morgan fingerprint density at radius 3 is 2.75 bits per heavy atom. The molecule has 0 saturated carbocycles. The summed E-state index contributed by atoms with van der Waals surface area (Å²) >= 11 is 0. The maximum atomic E-state index is 8.66. The van der Waals surface area contributed by atoms with Crippen LogP contribution in [0.1, 0.15) is 36.7 Å². The van der Waals surface area contributed by atoms with Crippen LogP contribution in [0.5, 0.6) is 0 Å². The standard InChI is InChI=1S/C15H17N3O2/c1-11(8-9-16)10-13-17-15(18-20-13)14(19-2)12-6-4-3-5-7-12/h3-7,11,14H,8,10H2,1-2H3. The number of hydrogen-bond donors (Lipinski definition) is 0. The lowest BCUT2D eigenvalue weighted by Crippen LogP contribution is -2.06. The van der Waals surface area contributed by atoms with Crippen molar-refractivity contribution in [2.24, 2.45) is 5.92 Å². The predicted octanol–water partition coefficient (Wildman–Crippen LogP) is 2.90. The van der Waals surface area contributed by atoms with E-state index in [-0.39, 0.29) is 12.0 Å². The maximum Gasteiger partial charge on any atom is 0.227 e. The molecule has 1 aromatic heterocycles. The van der Waals surface area contributed by atoms with Gasteiger partial charge in [-0.05, 0) is 11.5 Å². The van der Waals surface area contributed by atoms with Crippen molar-refractivity contribution in [2.75, 3.05) is 7.11 Å². The van der Waals surface area contributed by atoms with Gasteiger partial charge in [0, 0.05) is 20.0 Å². The molecule has 2 atom stereocenters. The van der Waals surface area contributed by atoms with Crippen LogP contribution in [0.25, 0.3) is 0 Å². The first-order chi connectivity index (χ1) is 9.74. The third-order valence-electron chi connectivity index (χ3n) is 3.02. The molecule has 0 aliphatic rings. The van der Waals surface area contributed by atoms with Crippen molar-refractivity contribution in [3.05, 3.63) is 47.6 Å². The van der Waals surface area contributed by atoms with E-state index in [0.29, 0.717) is 24.6 Å². The first kappa shape index (κ1) is 14.2. The molecule has 5 heteroatoms. The molecular weight excluding hydrogens is 254 g/mol. The van der Waals surface area contributed by atoms with E-state index in [2.05, 4.69) is 16.2 Å². The number of benzene rings is 1. The monoisotopic (exact) mass is 271 g/mol. The molecule has 0 N–H and O–H groups in total. The topological polar surface area (TPSA) is 71.9 Å². The summed E-state index contributed by atoms with van der Waals surface area (Å²) in [5, 5.41) is 12.6. The van der Waals surface area contributed by atoms with E-state index in [4.69, 9.17) is 14.5 Å². The van der Waals surface area contributed by atoms with Crippen molar-refractivity contribution in [1.29, 1.82) is 5.26 Å². The second kappa shape index (κ2) is 6.83. The number of rotatable bonds is 6. The summed E-state index contributed by atoms with van der Waals surface area (Å²) in [6, 6.07) is 11.9. The van der Waals surface area contributed by atoms with Crippen molar-refractivity contribution < 1.29 is 9.26 Å². The van der Waals surface area contributed by atoms with Gasteiger partial charge in [0.25, 0.3) is 0 Å². The minimum Gasteiger partial charge on any atom is -0.369 e. The van der Waals surface area contributed by atoms with Crippen LogP contribution in [0.4, 0.5) is 0 Å². The number of aromatic nitrogens is 2. The second-order valence-electron chi connectivity index (χ2n) is 4.74.